The molecule has 0 bridgehead atoms. The first-order chi connectivity index (χ1) is 9.18. The first kappa shape index (κ1) is 14.1. The molecule has 104 valence electrons. The molecule has 0 radical (unpaired) electrons. The van der Waals surface area contributed by atoms with E-state index in [1.54, 1.807) is 0 Å². The molecule has 1 aliphatic heterocycles. The van der Waals surface area contributed by atoms with Crippen LogP contribution < -0.4 is 0 Å². The van der Waals surface area contributed by atoms with E-state index in [1.165, 1.54) is 5.56 Å². The molecule has 3 nitrogen and oxygen atoms in total. The molecule has 0 aliphatic carbocycles. The van der Waals surface area contributed by atoms with E-state index in [-0.39, 0.29) is 6.04 Å². The zero-order valence-electron chi connectivity index (χ0n) is 11.6. The monoisotopic (exact) mass is 261 g/mol. The molecular weight excluding hydrogens is 238 g/mol. The summed E-state index contributed by atoms with van der Waals surface area (Å²) in [6.07, 6.45) is 5.00. The van der Waals surface area contributed by atoms with Crippen molar-refractivity contribution < 1.29 is 9.90 Å². The van der Waals surface area contributed by atoms with Gasteiger partial charge in [-0.3, -0.25) is 9.69 Å². The van der Waals surface area contributed by atoms with Gasteiger partial charge in [-0.25, -0.2) is 0 Å². The number of hydrogen-bond acceptors (Lipinski definition) is 2. The predicted octanol–water partition coefficient (Wildman–Crippen LogP) is 2.95. The molecule has 3 heteroatoms. The standard InChI is InChI=1S/C16H23NO2/c1-13(10-11-14-7-3-2-4-8-14)17-12-6-5-9-15(17)16(18)19/h2-4,7-8,13,15H,5-6,9-12H2,1H3,(H,18,19). The molecule has 1 aromatic rings. The van der Waals surface area contributed by atoms with Crippen LogP contribution >= 0.6 is 0 Å². The lowest BCUT2D eigenvalue weighted by atomic mass is 9.97. The zero-order valence-corrected chi connectivity index (χ0v) is 11.6. The molecule has 1 saturated heterocycles. The zero-order chi connectivity index (χ0) is 13.7. The number of aryl methyl sites for hydroxylation is 1. The fourth-order valence-electron chi connectivity index (χ4n) is 2.93. The Morgan fingerprint density at radius 1 is 1.37 bits per heavy atom. The molecule has 1 fully saturated rings. The molecule has 1 aromatic carbocycles. The third kappa shape index (κ3) is 3.80. The lowest BCUT2D eigenvalue weighted by Gasteiger charge is -2.37. The van der Waals surface area contributed by atoms with Gasteiger partial charge in [-0.2, -0.15) is 0 Å². The Kier molecular flexibility index (Phi) is 4.97. The van der Waals surface area contributed by atoms with E-state index in [1.807, 2.05) is 6.07 Å². The van der Waals surface area contributed by atoms with Crippen molar-refractivity contribution in [3.63, 3.8) is 0 Å². The Hall–Kier alpha value is -1.35. The Morgan fingerprint density at radius 3 is 2.79 bits per heavy atom. The van der Waals surface area contributed by atoms with Crippen molar-refractivity contribution in [1.82, 2.24) is 4.90 Å². The van der Waals surface area contributed by atoms with E-state index in [9.17, 15) is 9.90 Å². The van der Waals surface area contributed by atoms with Crippen LogP contribution in [0, 0.1) is 0 Å². The topological polar surface area (TPSA) is 40.5 Å². The van der Waals surface area contributed by atoms with Crippen molar-refractivity contribution in [3.05, 3.63) is 35.9 Å². The number of carbonyl (C=O) groups is 1. The van der Waals surface area contributed by atoms with Crippen LogP contribution in [0.15, 0.2) is 30.3 Å². The highest BCUT2D eigenvalue weighted by atomic mass is 16.4. The number of nitrogens with zero attached hydrogens (tertiary/aromatic N) is 1. The van der Waals surface area contributed by atoms with Crippen molar-refractivity contribution >= 4 is 5.97 Å². The first-order valence-electron chi connectivity index (χ1n) is 7.21. The number of hydrogen-bond donors (Lipinski definition) is 1. The van der Waals surface area contributed by atoms with Gasteiger partial charge < -0.3 is 5.11 Å². The summed E-state index contributed by atoms with van der Waals surface area (Å²) < 4.78 is 0. The summed E-state index contributed by atoms with van der Waals surface area (Å²) in [5, 5.41) is 9.30. The highest BCUT2D eigenvalue weighted by molar-refractivity contribution is 5.73. The summed E-state index contributed by atoms with van der Waals surface area (Å²) in [6, 6.07) is 10.5. The minimum absolute atomic E-state index is 0.278. The highest BCUT2D eigenvalue weighted by Crippen LogP contribution is 2.22. The number of carboxylic acid groups (broad SMARTS) is 1. The predicted molar refractivity (Wildman–Crippen MR) is 76.2 cm³/mol. The summed E-state index contributed by atoms with van der Waals surface area (Å²) in [4.78, 5) is 13.5. The van der Waals surface area contributed by atoms with Crippen LogP contribution in [0.25, 0.3) is 0 Å². The van der Waals surface area contributed by atoms with Crippen LogP contribution in [0.4, 0.5) is 0 Å². The number of likely N-dealkylation sites (tertiary alicyclic amines) is 1. The van der Waals surface area contributed by atoms with E-state index < -0.39 is 5.97 Å². The van der Waals surface area contributed by atoms with Gasteiger partial charge in [0.2, 0.25) is 0 Å². The molecule has 0 aromatic heterocycles. The smallest absolute Gasteiger partial charge is 0.320 e. The Balaban J connectivity index is 1.90. The highest BCUT2D eigenvalue weighted by Gasteiger charge is 2.31. The SMILES string of the molecule is CC(CCc1ccccc1)N1CCCCC1C(=O)O. The van der Waals surface area contributed by atoms with Gasteiger partial charge in [0, 0.05) is 6.04 Å². The average molecular weight is 261 g/mol. The number of rotatable bonds is 5. The number of aliphatic carboxylic acids is 1. The number of piperidine rings is 1. The van der Waals surface area contributed by atoms with Crippen molar-refractivity contribution in [2.45, 2.75) is 51.1 Å². The fraction of sp³-hybridized carbons (Fsp3) is 0.562. The van der Waals surface area contributed by atoms with Crippen molar-refractivity contribution in [3.8, 4) is 0 Å². The summed E-state index contributed by atoms with van der Waals surface area (Å²) in [5.74, 6) is -0.661. The molecule has 2 unspecified atom stereocenters. The maximum absolute atomic E-state index is 11.3. The molecule has 1 N–H and O–H groups in total. The molecule has 1 heterocycles. The second-order valence-electron chi connectivity index (χ2n) is 5.46. The molecule has 0 saturated carbocycles. The van der Waals surface area contributed by atoms with Gasteiger partial charge in [-0.15, -0.1) is 0 Å². The van der Waals surface area contributed by atoms with Crippen molar-refractivity contribution in [2.24, 2.45) is 0 Å². The van der Waals surface area contributed by atoms with Crippen LogP contribution in [-0.4, -0.2) is 34.6 Å². The quantitative estimate of drug-likeness (QED) is 0.886. The molecule has 0 amide bonds. The Labute approximate surface area is 115 Å². The summed E-state index contributed by atoms with van der Waals surface area (Å²) >= 11 is 0. The third-order valence-electron chi connectivity index (χ3n) is 4.09. The van der Waals surface area contributed by atoms with E-state index >= 15 is 0 Å². The van der Waals surface area contributed by atoms with Crippen molar-refractivity contribution in [2.75, 3.05) is 6.54 Å². The summed E-state index contributed by atoms with van der Waals surface area (Å²) in [6.45, 7) is 3.08. The van der Waals surface area contributed by atoms with E-state index in [0.29, 0.717) is 6.04 Å². The van der Waals surface area contributed by atoms with Crippen LogP contribution in [0.5, 0.6) is 0 Å². The van der Waals surface area contributed by atoms with E-state index in [2.05, 4.69) is 36.1 Å². The Bertz CT molecular complexity index is 404. The van der Waals surface area contributed by atoms with Gasteiger partial charge in [0.25, 0.3) is 0 Å². The lowest BCUT2D eigenvalue weighted by molar-refractivity contribution is -0.145. The first-order valence-corrected chi connectivity index (χ1v) is 7.21. The Morgan fingerprint density at radius 2 is 2.11 bits per heavy atom. The van der Waals surface area contributed by atoms with Crippen LogP contribution in [0.1, 0.15) is 38.2 Å². The third-order valence-corrected chi connectivity index (χ3v) is 4.09. The number of carboxylic acids is 1. The van der Waals surface area contributed by atoms with E-state index in [4.69, 9.17) is 0 Å². The molecule has 19 heavy (non-hydrogen) atoms. The maximum atomic E-state index is 11.3. The van der Waals surface area contributed by atoms with Crippen LogP contribution in [0.3, 0.4) is 0 Å². The van der Waals surface area contributed by atoms with Gasteiger partial charge in [0.15, 0.2) is 0 Å². The summed E-state index contributed by atoms with van der Waals surface area (Å²) in [7, 11) is 0. The number of benzene rings is 1. The molecule has 2 atom stereocenters. The largest absolute Gasteiger partial charge is 0.480 e. The van der Waals surface area contributed by atoms with Crippen LogP contribution in [0.2, 0.25) is 0 Å². The molecule has 2 rings (SSSR count). The van der Waals surface area contributed by atoms with Gasteiger partial charge >= 0.3 is 5.97 Å². The minimum Gasteiger partial charge on any atom is -0.480 e. The van der Waals surface area contributed by atoms with E-state index in [0.717, 1.165) is 38.6 Å². The normalized spacial score (nSPS) is 22.1. The molecule has 1 aliphatic rings. The van der Waals surface area contributed by atoms with Gasteiger partial charge in [0.1, 0.15) is 6.04 Å². The lowest BCUT2D eigenvalue weighted by Crippen LogP contribution is -2.49. The van der Waals surface area contributed by atoms with Crippen molar-refractivity contribution in [1.29, 1.82) is 0 Å². The second-order valence-corrected chi connectivity index (χ2v) is 5.46. The van der Waals surface area contributed by atoms with Gasteiger partial charge in [-0.05, 0) is 44.7 Å². The average Bonchev–Trinajstić information content (AvgIpc) is 2.46. The maximum Gasteiger partial charge on any atom is 0.320 e. The molecule has 0 spiro atoms. The molecular formula is C16H23NO2. The fourth-order valence-corrected chi connectivity index (χ4v) is 2.93. The minimum atomic E-state index is -0.661. The van der Waals surface area contributed by atoms with Crippen LogP contribution in [-0.2, 0) is 11.2 Å². The summed E-state index contributed by atoms with van der Waals surface area (Å²) in [5.41, 5.74) is 1.33. The van der Waals surface area contributed by atoms with Gasteiger partial charge in [-0.1, -0.05) is 36.8 Å². The second kappa shape index (κ2) is 6.71. The van der Waals surface area contributed by atoms with Gasteiger partial charge in [0.05, 0.1) is 0 Å².